The highest BCUT2D eigenvalue weighted by Crippen LogP contribution is 2.44. The maximum atomic E-state index is 12.7. The standard InChI is InChI=1S/C18H23F3N2O2/c19-18(20,21)14-4-2-13(3-5-14)12-23-9-1-6-17(15(23)16(22)24)7-10-25-11-8-17/h2-5,15H,1,6-12H2,(H2,22,24). The maximum Gasteiger partial charge on any atom is 0.416 e. The molecule has 2 heterocycles. The Kier molecular flexibility index (Phi) is 5.06. The van der Waals surface area contributed by atoms with Gasteiger partial charge in [0.2, 0.25) is 5.91 Å². The van der Waals surface area contributed by atoms with Gasteiger partial charge in [0.1, 0.15) is 0 Å². The molecule has 1 atom stereocenters. The van der Waals surface area contributed by atoms with Gasteiger partial charge >= 0.3 is 6.18 Å². The van der Waals surface area contributed by atoms with Crippen LogP contribution in [0.1, 0.15) is 36.8 Å². The molecule has 7 heteroatoms. The number of halogens is 3. The van der Waals surface area contributed by atoms with Crippen molar-refractivity contribution in [1.29, 1.82) is 0 Å². The summed E-state index contributed by atoms with van der Waals surface area (Å²) in [7, 11) is 0. The fraction of sp³-hybridized carbons (Fsp3) is 0.611. The van der Waals surface area contributed by atoms with Gasteiger partial charge in [-0.15, -0.1) is 0 Å². The topological polar surface area (TPSA) is 55.6 Å². The summed E-state index contributed by atoms with van der Waals surface area (Å²) in [5.74, 6) is -0.353. The minimum absolute atomic E-state index is 0.172. The molecule has 25 heavy (non-hydrogen) atoms. The Morgan fingerprint density at radius 3 is 2.40 bits per heavy atom. The van der Waals surface area contributed by atoms with Crippen molar-refractivity contribution < 1.29 is 22.7 Å². The molecule has 2 aliphatic heterocycles. The molecule has 0 bridgehead atoms. The van der Waals surface area contributed by atoms with Crippen molar-refractivity contribution in [3.8, 4) is 0 Å². The zero-order valence-corrected chi connectivity index (χ0v) is 14.0. The zero-order chi connectivity index (χ0) is 18.1. The lowest BCUT2D eigenvalue weighted by Crippen LogP contribution is -2.59. The molecule has 1 aromatic carbocycles. The summed E-state index contributed by atoms with van der Waals surface area (Å²) in [4.78, 5) is 14.2. The molecule has 3 rings (SSSR count). The Morgan fingerprint density at radius 1 is 1.20 bits per heavy atom. The second-order valence-electron chi connectivity index (χ2n) is 7.05. The van der Waals surface area contributed by atoms with Crippen LogP contribution in [0.15, 0.2) is 24.3 Å². The predicted octanol–water partition coefficient (Wildman–Crippen LogP) is 2.95. The number of alkyl halides is 3. The van der Waals surface area contributed by atoms with Gasteiger partial charge in [-0.05, 0) is 55.3 Å². The van der Waals surface area contributed by atoms with Crippen LogP contribution in [0, 0.1) is 5.41 Å². The van der Waals surface area contributed by atoms with Gasteiger partial charge in [0.15, 0.2) is 0 Å². The third kappa shape index (κ3) is 3.82. The number of likely N-dealkylation sites (tertiary alicyclic amines) is 1. The number of nitrogens with two attached hydrogens (primary N) is 1. The number of nitrogens with zero attached hydrogens (tertiary/aromatic N) is 1. The van der Waals surface area contributed by atoms with Crippen LogP contribution in [0.3, 0.4) is 0 Å². The molecule has 2 aliphatic rings. The van der Waals surface area contributed by atoms with E-state index in [0.29, 0.717) is 19.8 Å². The molecule has 0 aromatic heterocycles. The van der Waals surface area contributed by atoms with Crippen molar-refractivity contribution in [2.75, 3.05) is 19.8 Å². The SMILES string of the molecule is NC(=O)C1N(Cc2ccc(C(F)(F)F)cc2)CCCC12CCOCC2. The minimum Gasteiger partial charge on any atom is -0.381 e. The minimum atomic E-state index is -4.34. The smallest absolute Gasteiger partial charge is 0.381 e. The van der Waals surface area contributed by atoms with Crippen LogP contribution in [-0.2, 0) is 22.3 Å². The molecule has 1 aromatic rings. The van der Waals surface area contributed by atoms with Crippen LogP contribution in [0.2, 0.25) is 0 Å². The second-order valence-corrected chi connectivity index (χ2v) is 7.05. The molecular formula is C18H23F3N2O2. The number of carbonyl (C=O) groups excluding carboxylic acids is 1. The largest absolute Gasteiger partial charge is 0.416 e. The van der Waals surface area contributed by atoms with Crippen LogP contribution in [0.25, 0.3) is 0 Å². The number of hydrogen-bond acceptors (Lipinski definition) is 3. The lowest BCUT2D eigenvalue weighted by atomic mass is 9.67. The summed E-state index contributed by atoms with van der Waals surface area (Å²) in [6.07, 6.45) is -0.863. The van der Waals surface area contributed by atoms with E-state index in [1.165, 1.54) is 12.1 Å². The third-order valence-electron chi connectivity index (χ3n) is 5.49. The first-order valence-corrected chi connectivity index (χ1v) is 8.59. The van der Waals surface area contributed by atoms with Crippen LogP contribution in [0.5, 0.6) is 0 Å². The average molecular weight is 356 g/mol. The molecule has 4 nitrogen and oxygen atoms in total. The van der Waals surface area contributed by atoms with E-state index in [1.807, 2.05) is 4.90 Å². The van der Waals surface area contributed by atoms with Crippen LogP contribution in [-0.4, -0.2) is 36.6 Å². The summed E-state index contributed by atoms with van der Waals surface area (Å²) in [5.41, 5.74) is 5.64. The van der Waals surface area contributed by atoms with E-state index in [-0.39, 0.29) is 11.3 Å². The lowest BCUT2D eigenvalue weighted by Gasteiger charge is -2.50. The van der Waals surface area contributed by atoms with Gasteiger partial charge in [0, 0.05) is 19.8 Å². The summed E-state index contributed by atoms with van der Waals surface area (Å²) in [5, 5.41) is 0. The molecule has 1 amide bonds. The number of ether oxygens (including phenoxy) is 1. The molecular weight excluding hydrogens is 333 g/mol. The molecule has 1 spiro atoms. The maximum absolute atomic E-state index is 12.7. The molecule has 2 N–H and O–H groups in total. The van der Waals surface area contributed by atoms with Gasteiger partial charge in [-0.2, -0.15) is 13.2 Å². The van der Waals surface area contributed by atoms with Crippen molar-refractivity contribution in [1.82, 2.24) is 4.90 Å². The number of benzene rings is 1. The van der Waals surface area contributed by atoms with Gasteiger partial charge in [0.05, 0.1) is 11.6 Å². The predicted molar refractivity (Wildman–Crippen MR) is 86.6 cm³/mol. The quantitative estimate of drug-likeness (QED) is 0.906. The Labute approximate surface area is 145 Å². The van der Waals surface area contributed by atoms with Gasteiger partial charge in [0.25, 0.3) is 0 Å². The van der Waals surface area contributed by atoms with E-state index in [0.717, 1.165) is 49.9 Å². The third-order valence-corrected chi connectivity index (χ3v) is 5.49. The van der Waals surface area contributed by atoms with Crippen LogP contribution in [0.4, 0.5) is 13.2 Å². The van der Waals surface area contributed by atoms with Crippen LogP contribution < -0.4 is 5.73 Å². The van der Waals surface area contributed by atoms with Crippen LogP contribution >= 0.6 is 0 Å². The molecule has 2 fully saturated rings. The van der Waals surface area contributed by atoms with Gasteiger partial charge in [-0.25, -0.2) is 0 Å². The Hall–Kier alpha value is -1.60. The number of amides is 1. The lowest BCUT2D eigenvalue weighted by molar-refractivity contribution is -0.138. The molecule has 0 radical (unpaired) electrons. The first-order valence-electron chi connectivity index (χ1n) is 8.59. The first kappa shape index (κ1) is 18.2. The van der Waals surface area contributed by atoms with Crippen molar-refractivity contribution in [3.63, 3.8) is 0 Å². The fourth-order valence-electron chi connectivity index (χ4n) is 4.27. The number of primary amides is 1. The average Bonchev–Trinajstić information content (AvgIpc) is 2.55. The van der Waals surface area contributed by atoms with Gasteiger partial charge in [-0.3, -0.25) is 9.69 Å². The Bertz CT molecular complexity index is 604. The van der Waals surface area contributed by atoms with Crippen molar-refractivity contribution in [3.05, 3.63) is 35.4 Å². The monoisotopic (exact) mass is 356 g/mol. The highest BCUT2D eigenvalue weighted by Gasteiger charge is 2.48. The van der Waals surface area contributed by atoms with E-state index in [4.69, 9.17) is 10.5 Å². The van der Waals surface area contributed by atoms with Crippen molar-refractivity contribution in [2.24, 2.45) is 11.1 Å². The van der Waals surface area contributed by atoms with Gasteiger partial charge < -0.3 is 10.5 Å². The summed E-state index contributed by atoms with van der Waals surface area (Å²) in [6, 6.07) is 4.73. The summed E-state index contributed by atoms with van der Waals surface area (Å²) >= 11 is 0. The number of rotatable bonds is 3. The first-order chi connectivity index (χ1) is 11.8. The zero-order valence-electron chi connectivity index (χ0n) is 14.0. The summed E-state index contributed by atoms with van der Waals surface area (Å²) < 4.78 is 43.6. The van der Waals surface area contributed by atoms with E-state index in [1.54, 1.807) is 0 Å². The highest BCUT2D eigenvalue weighted by molar-refractivity contribution is 5.81. The molecule has 0 aliphatic carbocycles. The Morgan fingerprint density at radius 2 is 1.84 bits per heavy atom. The van der Waals surface area contributed by atoms with Gasteiger partial charge in [-0.1, -0.05) is 12.1 Å². The number of hydrogen-bond donors (Lipinski definition) is 1. The number of piperidine rings is 1. The van der Waals surface area contributed by atoms with E-state index < -0.39 is 17.8 Å². The second kappa shape index (κ2) is 6.96. The number of carbonyl (C=O) groups is 1. The molecule has 2 saturated heterocycles. The van der Waals surface area contributed by atoms with E-state index >= 15 is 0 Å². The van der Waals surface area contributed by atoms with Crippen molar-refractivity contribution >= 4 is 5.91 Å². The fourth-order valence-corrected chi connectivity index (χ4v) is 4.27. The van der Waals surface area contributed by atoms with Crippen molar-refractivity contribution in [2.45, 2.75) is 44.4 Å². The summed E-state index contributed by atoms with van der Waals surface area (Å²) in [6.45, 7) is 2.39. The Balaban J connectivity index is 1.79. The molecule has 1 unspecified atom stereocenters. The molecule has 0 saturated carbocycles. The highest BCUT2D eigenvalue weighted by atomic mass is 19.4. The van der Waals surface area contributed by atoms with E-state index in [2.05, 4.69) is 0 Å². The molecule has 138 valence electrons. The normalized spacial score (nSPS) is 24.4. The van der Waals surface area contributed by atoms with E-state index in [9.17, 15) is 18.0 Å².